The monoisotopic (exact) mass is 514 g/mol. The molecule has 9 heteroatoms. The number of hydrogen-bond acceptors (Lipinski definition) is 5. The second-order valence-electron chi connectivity index (χ2n) is 6.86. The molecule has 166 valence electrons. The van der Waals surface area contributed by atoms with Gasteiger partial charge in [-0.15, -0.1) is 0 Å². The number of nitrogens with one attached hydrogen (secondary N) is 1. The normalized spacial score (nSPS) is 14.6. The fourth-order valence-corrected chi connectivity index (χ4v) is 4.76. The van der Waals surface area contributed by atoms with Crippen LogP contribution in [0.5, 0.6) is 5.75 Å². The molecule has 0 saturated carbocycles. The Hall–Kier alpha value is -2.84. The number of halogens is 2. The van der Waals surface area contributed by atoms with Gasteiger partial charge in [0.1, 0.15) is 5.75 Å². The summed E-state index contributed by atoms with van der Waals surface area (Å²) in [5.41, 5.74) is 1.93. The van der Waals surface area contributed by atoms with Crippen molar-refractivity contribution < 1.29 is 14.3 Å². The zero-order valence-corrected chi connectivity index (χ0v) is 20.1. The molecule has 0 aliphatic carbocycles. The van der Waals surface area contributed by atoms with E-state index in [9.17, 15) is 9.59 Å². The molecule has 4 rings (SSSR count). The van der Waals surface area contributed by atoms with Gasteiger partial charge in [0, 0.05) is 0 Å². The van der Waals surface area contributed by atoms with Crippen LogP contribution in [0.25, 0.3) is 6.08 Å². The molecule has 0 atom stereocenters. The van der Waals surface area contributed by atoms with Crippen molar-refractivity contribution in [3.05, 3.63) is 93.3 Å². The van der Waals surface area contributed by atoms with E-state index in [1.165, 1.54) is 16.7 Å². The smallest absolute Gasteiger partial charge is 0.270 e. The Labute approximate surface area is 210 Å². The van der Waals surface area contributed by atoms with Gasteiger partial charge in [0.25, 0.3) is 11.8 Å². The second kappa shape index (κ2) is 10.4. The lowest BCUT2D eigenvalue weighted by Gasteiger charge is -2.13. The van der Waals surface area contributed by atoms with E-state index >= 15 is 0 Å². The molecule has 3 aromatic rings. The van der Waals surface area contributed by atoms with Gasteiger partial charge < -0.3 is 10.1 Å². The topological polar surface area (TPSA) is 58.6 Å². The first kappa shape index (κ1) is 23.3. The summed E-state index contributed by atoms with van der Waals surface area (Å²) in [6, 6.07) is 21.2. The van der Waals surface area contributed by atoms with E-state index in [4.69, 9.17) is 40.2 Å². The van der Waals surface area contributed by atoms with Gasteiger partial charge in [-0.2, -0.15) is 0 Å². The van der Waals surface area contributed by atoms with Crippen LogP contribution >= 0.6 is 47.2 Å². The lowest BCUT2D eigenvalue weighted by Crippen LogP contribution is -2.27. The van der Waals surface area contributed by atoms with E-state index in [-0.39, 0.29) is 18.4 Å². The Bertz CT molecular complexity index is 1270. The Balaban J connectivity index is 1.42. The number of amides is 2. The van der Waals surface area contributed by atoms with Crippen LogP contribution in [-0.4, -0.2) is 22.7 Å². The van der Waals surface area contributed by atoms with Crippen LogP contribution < -0.4 is 15.0 Å². The van der Waals surface area contributed by atoms with Crippen LogP contribution in [0.2, 0.25) is 10.0 Å². The predicted molar refractivity (Wildman–Crippen MR) is 139 cm³/mol. The van der Waals surface area contributed by atoms with Crippen molar-refractivity contribution in [1.29, 1.82) is 0 Å². The number of thioether (sulfide) groups is 1. The highest BCUT2D eigenvalue weighted by atomic mass is 35.5. The standard InChI is InChI=1S/C24H16Cl2N2O3S2/c25-17-8-4-5-9-19(17)27-22(29)14-31-20-11-10-15(12-18(20)26)13-21-23(30)28(24(32)33-21)16-6-2-1-3-7-16/h1-13H,14H2,(H,27,29)/b21-13-. The minimum Gasteiger partial charge on any atom is -0.482 e. The van der Waals surface area contributed by atoms with Crippen LogP contribution in [-0.2, 0) is 9.59 Å². The summed E-state index contributed by atoms with van der Waals surface area (Å²) < 4.78 is 6.01. The number of thiocarbonyl (C=S) groups is 1. The van der Waals surface area contributed by atoms with Crippen molar-refractivity contribution in [3.63, 3.8) is 0 Å². The number of benzene rings is 3. The van der Waals surface area contributed by atoms with Crippen molar-refractivity contribution in [2.24, 2.45) is 0 Å². The Morgan fingerprint density at radius 1 is 1.03 bits per heavy atom. The molecule has 0 bridgehead atoms. The molecule has 0 aromatic heterocycles. The lowest BCUT2D eigenvalue weighted by molar-refractivity contribution is -0.118. The fraction of sp³-hybridized carbons (Fsp3) is 0.0417. The number of carbonyl (C=O) groups is 2. The van der Waals surface area contributed by atoms with Gasteiger partial charge in [0.2, 0.25) is 0 Å². The number of anilines is 2. The van der Waals surface area contributed by atoms with E-state index in [1.54, 1.807) is 48.5 Å². The minimum atomic E-state index is -0.368. The predicted octanol–water partition coefficient (Wildman–Crippen LogP) is 6.42. The van der Waals surface area contributed by atoms with Crippen LogP contribution in [0.3, 0.4) is 0 Å². The Morgan fingerprint density at radius 2 is 1.76 bits per heavy atom. The van der Waals surface area contributed by atoms with Gasteiger partial charge in [-0.1, -0.05) is 83.6 Å². The molecule has 0 spiro atoms. The summed E-state index contributed by atoms with van der Waals surface area (Å²) in [7, 11) is 0. The molecule has 5 nitrogen and oxygen atoms in total. The number of nitrogens with zero attached hydrogens (tertiary/aromatic N) is 1. The summed E-state index contributed by atoms with van der Waals surface area (Å²) in [5.74, 6) is -0.211. The summed E-state index contributed by atoms with van der Waals surface area (Å²) in [6.07, 6.45) is 1.72. The van der Waals surface area contributed by atoms with Gasteiger partial charge in [0.05, 0.1) is 26.3 Å². The molecule has 1 heterocycles. The van der Waals surface area contributed by atoms with Crippen molar-refractivity contribution in [1.82, 2.24) is 0 Å². The third kappa shape index (κ3) is 5.57. The molecule has 0 radical (unpaired) electrons. The Morgan fingerprint density at radius 3 is 2.48 bits per heavy atom. The molecule has 0 unspecified atom stereocenters. The molecule has 3 aromatic carbocycles. The molecule has 1 saturated heterocycles. The van der Waals surface area contributed by atoms with E-state index < -0.39 is 0 Å². The first-order valence-corrected chi connectivity index (χ1v) is 11.7. The van der Waals surface area contributed by atoms with Crippen molar-refractivity contribution in [2.45, 2.75) is 0 Å². The van der Waals surface area contributed by atoms with Gasteiger partial charge in [-0.3, -0.25) is 14.5 Å². The molecule has 1 N–H and O–H groups in total. The summed E-state index contributed by atoms with van der Waals surface area (Å²) in [6.45, 7) is -0.236. The minimum absolute atomic E-state index is 0.191. The van der Waals surface area contributed by atoms with E-state index in [0.717, 1.165) is 5.69 Å². The first-order chi connectivity index (χ1) is 15.9. The second-order valence-corrected chi connectivity index (χ2v) is 9.35. The zero-order valence-electron chi connectivity index (χ0n) is 17.0. The molecule has 1 fully saturated rings. The molecule has 1 aliphatic rings. The number of para-hydroxylation sites is 2. The van der Waals surface area contributed by atoms with Crippen LogP contribution in [0.1, 0.15) is 5.56 Å². The largest absolute Gasteiger partial charge is 0.482 e. The Kier molecular flexibility index (Phi) is 7.35. The first-order valence-electron chi connectivity index (χ1n) is 9.72. The number of ether oxygens (including phenoxy) is 1. The van der Waals surface area contributed by atoms with Gasteiger partial charge >= 0.3 is 0 Å². The zero-order chi connectivity index (χ0) is 23.4. The van der Waals surface area contributed by atoms with Crippen molar-refractivity contribution in [2.75, 3.05) is 16.8 Å². The van der Waals surface area contributed by atoms with Crippen LogP contribution in [0.15, 0.2) is 77.7 Å². The quantitative estimate of drug-likeness (QED) is 0.304. The maximum absolute atomic E-state index is 12.9. The van der Waals surface area contributed by atoms with Crippen molar-refractivity contribution in [3.8, 4) is 5.75 Å². The van der Waals surface area contributed by atoms with Crippen molar-refractivity contribution >= 4 is 80.8 Å². The van der Waals surface area contributed by atoms with Gasteiger partial charge in [0.15, 0.2) is 10.9 Å². The average molecular weight is 515 g/mol. The van der Waals surface area contributed by atoms with Gasteiger partial charge in [-0.25, -0.2) is 0 Å². The molecule has 1 aliphatic heterocycles. The third-order valence-corrected chi connectivity index (χ3v) is 6.50. The highest BCUT2D eigenvalue weighted by Gasteiger charge is 2.33. The van der Waals surface area contributed by atoms with Crippen LogP contribution in [0.4, 0.5) is 11.4 Å². The molecule has 33 heavy (non-hydrogen) atoms. The summed E-state index contributed by atoms with van der Waals surface area (Å²) in [5, 5.41) is 3.43. The molecular formula is C24H16Cl2N2O3S2. The number of hydrogen-bond donors (Lipinski definition) is 1. The summed E-state index contributed by atoms with van der Waals surface area (Å²) >= 11 is 19.0. The number of rotatable bonds is 6. The van der Waals surface area contributed by atoms with Gasteiger partial charge in [-0.05, 0) is 48.0 Å². The highest BCUT2D eigenvalue weighted by molar-refractivity contribution is 8.27. The fourth-order valence-electron chi connectivity index (χ4n) is 3.03. The maximum atomic E-state index is 12.9. The highest BCUT2D eigenvalue weighted by Crippen LogP contribution is 2.36. The summed E-state index contributed by atoms with van der Waals surface area (Å²) in [4.78, 5) is 27.0. The van der Waals surface area contributed by atoms with Crippen LogP contribution in [0, 0.1) is 0 Å². The van der Waals surface area contributed by atoms with E-state index in [2.05, 4.69) is 5.32 Å². The third-order valence-electron chi connectivity index (χ3n) is 4.57. The molecule has 2 amide bonds. The molecular weight excluding hydrogens is 499 g/mol. The maximum Gasteiger partial charge on any atom is 0.270 e. The number of carbonyl (C=O) groups excluding carboxylic acids is 2. The van der Waals surface area contributed by atoms with E-state index in [1.807, 2.05) is 30.3 Å². The van der Waals surface area contributed by atoms with E-state index in [0.29, 0.717) is 36.3 Å². The average Bonchev–Trinajstić information content (AvgIpc) is 3.08. The lowest BCUT2D eigenvalue weighted by atomic mass is 10.2. The SMILES string of the molecule is O=C(COc1ccc(/C=C2\SC(=S)N(c3ccccc3)C2=O)cc1Cl)Nc1ccccc1Cl.